The molecule has 3 aromatic carbocycles. The van der Waals surface area contributed by atoms with Crippen LogP contribution in [-0.2, 0) is 9.53 Å². The van der Waals surface area contributed by atoms with Crippen molar-refractivity contribution in [2.75, 3.05) is 49.3 Å². The number of ether oxygens (including phenoxy) is 1. The Morgan fingerprint density at radius 3 is 2.35 bits per heavy atom. The summed E-state index contributed by atoms with van der Waals surface area (Å²) < 4.78 is 21.0. The zero-order valence-corrected chi connectivity index (χ0v) is 29.8. The zero-order chi connectivity index (χ0) is 35.5. The Labute approximate surface area is 300 Å². The number of rotatable bonds is 9. The molecule has 7 rings (SSSR count). The van der Waals surface area contributed by atoms with E-state index in [1.54, 1.807) is 19.1 Å². The number of piperidine rings is 2. The van der Waals surface area contributed by atoms with Gasteiger partial charge in [-0.2, -0.15) is 0 Å². The molecular formula is C41H51FN6O3. The number of hydrogen-bond acceptors (Lipinski definition) is 7. The molecule has 10 heteroatoms. The summed E-state index contributed by atoms with van der Waals surface area (Å²) in [5.74, 6) is -1.49. The number of nitrogens with one attached hydrogen (secondary N) is 4. The lowest BCUT2D eigenvalue weighted by Gasteiger charge is -2.48. The van der Waals surface area contributed by atoms with Crippen LogP contribution in [0.25, 0.3) is 0 Å². The fraction of sp³-hybridized carbons (Fsp3) is 0.488. The van der Waals surface area contributed by atoms with Crippen molar-refractivity contribution in [3.8, 4) is 0 Å². The van der Waals surface area contributed by atoms with E-state index in [1.807, 2.05) is 47.4 Å². The lowest BCUT2D eigenvalue weighted by atomic mass is 9.76. The van der Waals surface area contributed by atoms with E-state index in [-0.39, 0.29) is 29.3 Å². The SMILES string of the molecule is Cc1cccc(F)c1C(=O)N1[C@@H]2CCC[C@@H]2C[C@H](C(=O)Nc2ccc(NC3CCN(C)CC3)c(C=N)c2)[C@@H]1c1ccc(NC2CCOCC2)cc1. The molecule has 4 atom stereocenters. The highest BCUT2D eigenvalue weighted by atomic mass is 19.1. The van der Waals surface area contributed by atoms with Crippen LogP contribution < -0.4 is 16.0 Å². The minimum Gasteiger partial charge on any atom is -0.382 e. The van der Waals surface area contributed by atoms with Crippen LogP contribution in [0.15, 0.2) is 60.7 Å². The van der Waals surface area contributed by atoms with Gasteiger partial charge in [0.15, 0.2) is 0 Å². The van der Waals surface area contributed by atoms with E-state index in [1.165, 1.54) is 12.3 Å². The van der Waals surface area contributed by atoms with Crippen LogP contribution in [0.5, 0.6) is 0 Å². The smallest absolute Gasteiger partial charge is 0.257 e. The molecule has 4 aliphatic rings. The number of benzene rings is 3. The zero-order valence-electron chi connectivity index (χ0n) is 29.8. The predicted octanol–water partition coefficient (Wildman–Crippen LogP) is 7.24. The first-order valence-corrected chi connectivity index (χ1v) is 18.7. The van der Waals surface area contributed by atoms with Gasteiger partial charge in [0.25, 0.3) is 5.91 Å². The highest BCUT2D eigenvalue weighted by molar-refractivity contribution is 5.99. The second-order valence-electron chi connectivity index (χ2n) is 15.0. The van der Waals surface area contributed by atoms with Crippen LogP contribution in [0.3, 0.4) is 0 Å². The number of amides is 2. The minimum absolute atomic E-state index is 0.0790. The molecule has 2 amide bonds. The Morgan fingerprint density at radius 1 is 0.902 bits per heavy atom. The Balaban J connectivity index is 1.20. The summed E-state index contributed by atoms with van der Waals surface area (Å²) in [6, 6.07) is 18.5. The number of fused-ring (bicyclic) bond motifs is 1. The minimum atomic E-state index is -0.583. The quantitative estimate of drug-likeness (QED) is 0.176. The topological polar surface area (TPSA) is 110 Å². The number of anilines is 3. The monoisotopic (exact) mass is 694 g/mol. The maximum absolute atomic E-state index is 15.4. The van der Waals surface area contributed by atoms with E-state index in [2.05, 4.69) is 27.9 Å². The normalized spacial score (nSPS) is 24.5. The molecule has 1 saturated carbocycles. The average Bonchev–Trinajstić information content (AvgIpc) is 3.61. The molecule has 0 unspecified atom stereocenters. The Kier molecular flexibility index (Phi) is 10.7. The first-order chi connectivity index (χ1) is 24.8. The fourth-order valence-electron chi connectivity index (χ4n) is 8.82. The van der Waals surface area contributed by atoms with Crippen molar-refractivity contribution in [2.45, 2.75) is 82.5 Å². The fourth-order valence-corrected chi connectivity index (χ4v) is 8.82. The highest BCUT2D eigenvalue weighted by Gasteiger charge is 2.50. The number of halogens is 1. The van der Waals surface area contributed by atoms with Crippen LogP contribution in [0.1, 0.15) is 84.5 Å². The summed E-state index contributed by atoms with van der Waals surface area (Å²) in [5.41, 5.74) is 4.71. The highest BCUT2D eigenvalue weighted by Crippen LogP contribution is 2.49. The first kappa shape index (κ1) is 35.1. The molecule has 270 valence electrons. The average molecular weight is 695 g/mol. The van der Waals surface area contributed by atoms with Gasteiger partial charge in [-0.1, -0.05) is 30.7 Å². The second kappa shape index (κ2) is 15.5. The number of carbonyl (C=O) groups excluding carboxylic acids is 2. The van der Waals surface area contributed by atoms with E-state index in [0.717, 1.165) is 88.2 Å². The van der Waals surface area contributed by atoms with Crippen molar-refractivity contribution < 1.29 is 18.7 Å². The summed E-state index contributed by atoms with van der Waals surface area (Å²) in [4.78, 5) is 33.3. The number of nitrogens with zero attached hydrogens (tertiary/aromatic N) is 2. The number of carbonyl (C=O) groups is 2. The van der Waals surface area contributed by atoms with Crippen molar-refractivity contribution in [2.24, 2.45) is 11.8 Å². The van der Waals surface area contributed by atoms with Gasteiger partial charge in [-0.05, 0) is 125 Å². The van der Waals surface area contributed by atoms with E-state index in [4.69, 9.17) is 10.1 Å². The molecule has 3 aliphatic heterocycles. The molecule has 0 spiro atoms. The van der Waals surface area contributed by atoms with Crippen LogP contribution in [0, 0.1) is 30.0 Å². The van der Waals surface area contributed by atoms with Gasteiger partial charge in [-0.25, -0.2) is 4.39 Å². The third kappa shape index (κ3) is 7.67. The van der Waals surface area contributed by atoms with Crippen LogP contribution >= 0.6 is 0 Å². The van der Waals surface area contributed by atoms with Crippen molar-refractivity contribution in [1.82, 2.24) is 9.80 Å². The molecular weight excluding hydrogens is 643 g/mol. The summed E-state index contributed by atoms with van der Waals surface area (Å²) >= 11 is 0. The van der Waals surface area contributed by atoms with Crippen LogP contribution in [0.4, 0.5) is 21.5 Å². The third-order valence-electron chi connectivity index (χ3n) is 11.6. The molecule has 3 saturated heterocycles. The summed E-state index contributed by atoms with van der Waals surface area (Å²) in [5, 5.41) is 18.6. The van der Waals surface area contributed by atoms with Gasteiger partial charge < -0.3 is 35.9 Å². The van der Waals surface area contributed by atoms with Gasteiger partial charge >= 0.3 is 0 Å². The van der Waals surface area contributed by atoms with Gasteiger partial charge in [0.2, 0.25) is 5.91 Å². The Morgan fingerprint density at radius 2 is 1.63 bits per heavy atom. The molecule has 3 aromatic rings. The van der Waals surface area contributed by atoms with Crippen LogP contribution in [0.2, 0.25) is 0 Å². The van der Waals surface area contributed by atoms with Gasteiger partial charge in [0.05, 0.1) is 17.5 Å². The molecule has 4 fully saturated rings. The van der Waals surface area contributed by atoms with Gasteiger partial charge in [-0.15, -0.1) is 0 Å². The Hall–Kier alpha value is -4.28. The number of hydrogen-bond donors (Lipinski definition) is 4. The van der Waals surface area contributed by atoms with Crippen molar-refractivity contribution in [3.05, 3.63) is 88.7 Å². The maximum Gasteiger partial charge on any atom is 0.257 e. The lowest BCUT2D eigenvalue weighted by Crippen LogP contribution is -2.54. The van der Waals surface area contributed by atoms with E-state index in [0.29, 0.717) is 35.3 Å². The number of aryl methyl sites for hydroxylation is 1. The van der Waals surface area contributed by atoms with Crippen molar-refractivity contribution >= 4 is 35.1 Å². The van der Waals surface area contributed by atoms with Crippen molar-refractivity contribution in [3.63, 3.8) is 0 Å². The second-order valence-corrected chi connectivity index (χ2v) is 15.0. The van der Waals surface area contributed by atoms with E-state index < -0.39 is 17.8 Å². The predicted molar refractivity (Wildman–Crippen MR) is 200 cm³/mol. The molecule has 0 bridgehead atoms. The standard InChI is InChI=1S/C41H51FN6O3/c1-26-5-3-7-35(42)38(26)41(50)48-37-8-4-6-28(37)24-34(39(48)27-9-11-30(12-10-27)44-32-17-21-51-22-18-32)40(49)46-33-13-14-36(29(23-33)25-43)45-31-15-19-47(2)20-16-31/h3,5,7,9-14,23,25,28,31-32,34,37,39,43-45H,4,6,8,15-22,24H2,1-2H3,(H,46,49)/t28-,34+,37-,39+/m1/s1. The first-order valence-electron chi connectivity index (χ1n) is 18.7. The van der Waals surface area contributed by atoms with Gasteiger partial charge in [0.1, 0.15) is 5.82 Å². The van der Waals surface area contributed by atoms with Gasteiger partial charge in [-0.3, -0.25) is 9.59 Å². The molecule has 4 N–H and O–H groups in total. The molecule has 0 aromatic heterocycles. The summed E-state index contributed by atoms with van der Waals surface area (Å²) in [7, 11) is 2.14. The van der Waals surface area contributed by atoms with Gasteiger partial charge in [0, 0.05) is 60.2 Å². The molecule has 3 heterocycles. The van der Waals surface area contributed by atoms with E-state index in [9.17, 15) is 9.59 Å². The van der Waals surface area contributed by atoms with E-state index >= 15 is 4.39 Å². The molecule has 0 radical (unpaired) electrons. The van der Waals surface area contributed by atoms with Crippen LogP contribution in [-0.4, -0.2) is 79.3 Å². The van der Waals surface area contributed by atoms with Crippen molar-refractivity contribution in [1.29, 1.82) is 5.41 Å². The number of likely N-dealkylation sites (tertiary alicyclic amines) is 2. The summed E-state index contributed by atoms with van der Waals surface area (Å²) in [6.45, 7) is 5.31. The largest absolute Gasteiger partial charge is 0.382 e. The lowest BCUT2D eigenvalue weighted by molar-refractivity contribution is -0.125. The Bertz CT molecular complexity index is 1700. The summed E-state index contributed by atoms with van der Waals surface area (Å²) in [6.07, 6.45) is 8.61. The molecule has 9 nitrogen and oxygen atoms in total. The maximum atomic E-state index is 15.4. The molecule has 51 heavy (non-hydrogen) atoms. The molecule has 1 aliphatic carbocycles. The third-order valence-corrected chi connectivity index (χ3v) is 11.6.